The molecule has 0 N–H and O–H groups in total. The number of anilines is 1. The van der Waals surface area contributed by atoms with Crippen molar-refractivity contribution in [3.05, 3.63) is 55.2 Å². The summed E-state index contributed by atoms with van der Waals surface area (Å²) in [6.07, 6.45) is 9.03. The van der Waals surface area contributed by atoms with Crippen molar-refractivity contribution in [2.75, 3.05) is 18.0 Å². The van der Waals surface area contributed by atoms with Crippen LogP contribution in [0, 0.1) is 0 Å². The highest BCUT2D eigenvalue weighted by Gasteiger charge is 2.22. The van der Waals surface area contributed by atoms with Crippen molar-refractivity contribution < 1.29 is 9.15 Å². The van der Waals surface area contributed by atoms with Gasteiger partial charge in [-0.25, -0.2) is 9.97 Å². The van der Waals surface area contributed by atoms with Gasteiger partial charge in [-0.1, -0.05) is 0 Å². The van der Waals surface area contributed by atoms with Gasteiger partial charge in [0.15, 0.2) is 5.76 Å². The summed E-state index contributed by atoms with van der Waals surface area (Å²) >= 11 is 0. The molecule has 0 bridgehead atoms. The highest BCUT2D eigenvalue weighted by molar-refractivity contribution is 5.53. The second kappa shape index (κ2) is 6.70. The van der Waals surface area contributed by atoms with Crippen LogP contribution in [0.2, 0.25) is 0 Å². The molecule has 4 heterocycles. The predicted molar refractivity (Wildman–Crippen MR) is 89.8 cm³/mol. The van der Waals surface area contributed by atoms with Gasteiger partial charge >= 0.3 is 0 Å². The van der Waals surface area contributed by atoms with Crippen LogP contribution in [0.1, 0.15) is 12.8 Å². The Morgan fingerprint density at radius 3 is 2.62 bits per heavy atom. The Bertz CT molecular complexity index is 769. The van der Waals surface area contributed by atoms with Crippen LogP contribution >= 0.6 is 0 Å². The molecule has 24 heavy (non-hydrogen) atoms. The van der Waals surface area contributed by atoms with Gasteiger partial charge in [-0.3, -0.25) is 4.98 Å². The SMILES string of the molecule is c1coc(-c2ccnc(N3CCC(Oc4ccncc4)CC3)n2)c1. The second-order valence-corrected chi connectivity index (χ2v) is 5.71. The quantitative estimate of drug-likeness (QED) is 0.735. The molecule has 1 aliphatic rings. The van der Waals surface area contributed by atoms with Crippen molar-refractivity contribution in [2.24, 2.45) is 0 Å². The Morgan fingerprint density at radius 2 is 1.88 bits per heavy atom. The van der Waals surface area contributed by atoms with Crippen LogP contribution in [0.3, 0.4) is 0 Å². The Hall–Kier alpha value is -2.89. The predicted octanol–water partition coefficient (Wildman–Crippen LogP) is 3.18. The van der Waals surface area contributed by atoms with Crippen LogP contribution < -0.4 is 9.64 Å². The molecule has 122 valence electrons. The summed E-state index contributed by atoms with van der Waals surface area (Å²) in [5.41, 5.74) is 0.806. The highest BCUT2D eigenvalue weighted by atomic mass is 16.5. The lowest BCUT2D eigenvalue weighted by atomic mass is 10.1. The molecule has 0 aliphatic carbocycles. The summed E-state index contributed by atoms with van der Waals surface area (Å²) in [4.78, 5) is 15.2. The first-order chi connectivity index (χ1) is 11.9. The van der Waals surface area contributed by atoms with E-state index in [1.54, 1.807) is 24.9 Å². The van der Waals surface area contributed by atoms with Crippen LogP contribution in [0.25, 0.3) is 11.5 Å². The molecule has 6 heteroatoms. The second-order valence-electron chi connectivity index (χ2n) is 5.71. The van der Waals surface area contributed by atoms with Gasteiger partial charge in [-0.15, -0.1) is 0 Å². The number of hydrogen-bond donors (Lipinski definition) is 0. The van der Waals surface area contributed by atoms with E-state index in [0.29, 0.717) is 0 Å². The summed E-state index contributed by atoms with van der Waals surface area (Å²) < 4.78 is 11.4. The Kier molecular flexibility index (Phi) is 4.10. The number of aromatic nitrogens is 3. The fourth-order valence-corrected chi connectivity index (χ4v) is 2.85. The summed E-state index contributed by atoms with van der Waals surface area (Å²) in [7, 11) is 0. The van der Waals surface area contributed by atoms with E-state index < -0.39 is 0 Å². The van der Waals surface area contributed by atoms with Crippen molar-refractivity contribution in [3.8, 4) is 17.2 Å². The molecule has 0 atom stereocenters. The minimum atomic E-state index is 0.219. The molecule has 3 aromatic heterocycles. The van der Waals surface area contributed by atoms with Gasteiger partial charge in [0.1, 0.15) is 17.5 Å². The van der Waals surface area contributed by atoms with Crippen LogP contribution in [0.15, 0.2) is 59.6 Å². The van der Waals surface area contributed by atoms with Crippen molar-refractivity contribution in [1.29, 1.82) is 0 Å². The Morgan fingerprint density at radius 1 is 1.04 bits per heavy atom. The summed E-state index contributed by atoms with van der Waals surface area (Å²) in [5.74, 6) is 2.38. The van der Waals surface area contributed by atoms with Crippen LogP contribution in [-0.4, -0.2) is 34.1 Å². The van der Waals surface area contributed by atoms with Crippen LogP contribution in [0.4, 0.5) is 5.95 Å². The van der Waals surface area contributed by atoms with E-state index in [4.69, 9.17) is 9.15 Å². The molecule has 6 nitrogen and oxygen atoms in total. The third-order valence-electron chi connectivity index (χ3n) is 4.09. The van der Waals surface area contributed by atoms with Crippen LogP contribution in [-0.2, 0) is 0 Å². The fourth-order valence-electron chi connectivity index (χ4n) is 2.85. The van der Waals surface area contributed by atoms with Crippen molar-refractivity contribution in [1.82, 2.24) is 15.0 Å². The molecule has 1 aliphatic heterocycles. The van der Waals surface area contributed by atoms with Gasteiger partial charge < -0.3 is 14.1 Å². The molecule has 0 unspecified atom stereocenters. The van der Waals surface area contributed by atoms with E-state index in [1.807, 2.05) is 30.3 Å². The normalized spacial score (nSPS) is 15.4. The first-order valence-electron chi connectivity index (χ1n) is 8.07. The number of piperidine rings is 1. The topological polar surface area (TPSA) is 64.3 Å². The average molecular weight is 322 g/mol. The molecule has 1 saturated heterocycles. The third-order valence-corrected chi connectivity index (χ3v) is 4.09. The van der Waals surface area contributed by atoms with Gasteiger partial charge in [-0.2, -0.15) is 0 Å². The zero-order valence-corrected chi connectivity index (χ0v) is 13.2. The van der Waals surface area contributed by atoms with E-state index in [0.717, 1.165) is 49.1 Å². The Balaban J connectivity index is 1.40. The van der Waals surface area contributed by atoms with E-state index in [1.165, 1.54) is 0 Å². The Labute approximate surface area is 140 Å². The number of pyridine rings is 1. The molecule has 0 aromatic carbocycles. The van der Waals surface area contributed by atoms with E-state index >= 15 is 0 Å². The number of nitrogens with zero attached hydrogens (tertiary/aromatic N) is 4. The maximum Gasteiger partial charge on any atom is 0.225 e. The number of furan rings is 1. The lowest BCUT2D eigenvalue weighted by molar-refractivity contribution is 0.170. The van der Waals surface area contributed by atoms with Crippen molar-refractivity contribution >= 4 is 5.95 Å². The third kappa shape index (κ3) is 3.22. The van der Waals surface area contributed by atoms with Gasteiger partial charge in [0, 0.05) is 44.5 Å². The minimum Gasteiger partial charge on any atom is -0.490 e. The summed E-state index contributed by atoms with van der Waals surface area (Å²) in [6, 6.07) is 9.41. The van der Waals surface area contributed by atoms with Crippen molar-refractivity contribution in [3.63, 3.8) is 0 Å². The largest absolute Gasteiger partial charge is 0.490 e. The number of rotatable bonds is 4. The molecule has 1 fully saturated rings. The molecule has 3 aromatic rings. The highest BCUT2D eigenvalue weighted by Crippen LogP contribution is 2.23. The first kappa shape index (κ1) is 14.7. The van der Waals surface area contributed by atoms with Gasteiger partial charge in [0.25, 0.3) is 0 Å². The lowest BCUT2D eigenvalue weighted by Gasteiger charge is -2.32. The zero-order valence-electron chi connectivity index (χ0n) is 13.2. The number of ether oxygens (including phenoxy) is 1. The molecule has 4 rings (SSSR count). The van der Waals surface area contributed by atoms with Crippen molar-refractivity contribution in [2.45, 2.75) is 18.9 Å². The van der Waals surface area contributed by atoms with E-state index in [-0.39, 0.29) is 6.10 Å². The first-order valence-corrected chi connectivity index (χ1v) is 8.07. The monoisotopic (exact) mass is 322 g/mol. The summed E-state index contributed by atoms with van der Waals surface area (Å²) in [5, 5.41) is 0. The fraction of sp³-hybridized carbons (Fsp3) is 0.278. The lowest BCUT2D eigenvalue weighted by Crippen LogP contribution is -2.39. The van der Waals surface area contributed by atoms with E-state index in [2.05, 4.69) is 19.9 Å². The standard InChI is InChI=1S/C18H18N4O2/c1-2-17(23-13-1)16-5-10-20-18(21-16)22-11-6-15(7-12-22)24-14-3-8-19-9-4-14/h1-5,8-10,13,15H,6-7,11-12H2. The maximum absolute atomic E-state index is 6.00. The van der Waals surface area contributed by atoms with Gasteiger partial charge in [0.2, 0.25) is 5.95 Å². The minimum absolute atomic E-state index is 0.219. The van der Waals surface area contributed by atoms with Crippen LogP contribution in [0.5, 0.6) is 5.75 Å². The molecule has 0 radical (unpaired) electrons. The summed E-state index contributed by atoms with van der Waals surface area (Å²) in [6.45, 7) is 1.74. The zero-order chi connectivity index (χ0) is 16.2. The van der Waals surface area contributed by atoms with E-state index in [9.17, 15) is 0 Å². The molecular formula is C18H18N4O2. The van der Waals surface area contributed by atoms with Gasteiger partial charge in [0.05, 0.1) is 6.26 Å². The average Bonchev–Trinajstić information content (AvgIpc) is 3.18. The van der Waals surface area contributed by atoms with Gasteiger partial charge in [-0.05, 0) is 30.3 Å². The smallest absolute Gasteiger partial charge is 0.225 e. The number of hydrogen-bond acceptors (Lipinski definition) is 6. The maximum atomic E-state index is 6.00. The molecule has 0 amide bonds. The molecule has 0 spiro atoms. The molecule has 0 saturated carbocycles. The molecular weight excluding hydrogens is 304 g/mol.